The molecule has 2 aliphatic rings. The van der Waals surface area contributed by atoms with Crippen molar-refractivity contribution in [3.63, 3.8) is 0 Å². The molecule has 0 aromatic heterocycles. The summed E-state index contributed by atoms with van der Waals surface area (Å²) < 4.78 is 0. The first kappa shape index (κ1) is 14.5. The molecule has 1 heterocycles. The van der Waals surface area contributed by atoms with Crippen molar-refractivity contribution in [2.45, 2.75) is 49.9 Å². The molecule has 1 saturated heterocycles. The smallest absolute Gasteiger partial charge is 0.0943 e. The highest BCUT2D eigenvalue weighted by Crippen LogP contribution is 2.28. The Morgan fingerprint density at radius 3 is 2.76 bits per heavy atom. The lowest BCUT2D eigenvalue weighted by Crippen LogP contribution is -2.34. The summed E-state index contributed by atoms with van der Waals surface area (Å²) in [7, 11) is 0. The van der Waals surface area contributed by atoms with Crippen LogP contribution < -0.4 is 11.1 Å². The Bertz CT molecular complexity index is 523. The second kappa shape index (κ2) is 6.56. The van der Waals surface area contributed by atoms with Gasteiger partial charge in [0.1, 0.15) is 0 Å². The van der Waals surface area contributed by atoms with Gasteiger partial charge in [-0.2, -0.15) is 0 Å². The molecule has 3 rings (SSSR count). The fourth-order valence-electron chi connectivity index (χ4n) is 3.26. The van der Waals surface area contributed by atoms with E-state index in [-0.39, 0.29) is 12.1 Å². The van der Waals surface area contributed by atoms with Crippen LogP contribution in [0.2, 0.25) is 0 Å². The molecule has 3 heteroatoms. The molecule has 0 saturated carbocycles. The molecular weight excluding hydrogens is 260 g/mol. The van der Waals surface area contributed by atoms with Crippen molar-refractivity contribution >= 4 is 0 Å². The first-order valence-corrected chi connectivity index (χ1v) is 7.84. The van der Waals surface area contributed by atoms with Crippen LogP contribution in [0.15, 0.2) is 54.1 Å². The number of hydrogen-bond donors (Lipinski definition) is 3. The zero-order chi connectivity index (χ0) is 14.7. The van der Waals surface area contributed by atoms with Crippen molar-refractivity contribution in [2.75, 3.05) is 0 Å². The number of hydrogen-bond acceptors (Lipinski definition) is 3. The lowest BCUT2D eigenvalue weighted by atomic mass is 9.97. The Hall–Kier alpha value is -1.42. The quantitative estimate of drug-likeness (QED) is 0.796. The van der Waals surface area contributed by atoms with E-state index in [2.05, 4.69) is 23.5 Å². The van der Waals surface area contributed by atoms with Crippen molar-refractivity contribution in [1.29, 1.82) is 0 Å². The lowest BCUT2D eigenvalue weighted by Gasteiger charge is -2.21. The SMILES string of the molecule is NC1C=CC(CC2CCC(C(O)c3ccccc3)N2)=CC1. The summed E-state index contributed by atoms with van der Waals surface area (Å²) >= 11 is 0. The third-order valence-corrected chi connectivity index (χ3v) is 4.49. The van der Waals surface area contributed by atoms with E-state index in [1.807, 2.05) is 30.3 Å². The molecule has 4 atom stereocenters. The molecular formula is C18H24N2O. The van der Waals surface area contributed by atoms with E-state index in [0.717, 1.165) is 31.2 Å². The monoisotopic (exact) mass is 284 g/mol. The van der Waals surface area contributed by atoms with Crippen LogP contribution in [-0.2, 0) is 0 Å². The third-order valence-electron chi connectivity index (χ3n) is 4.49. The molecule has 3 nitrogen and oxygen atoms in total. The molecule has 1 aromatic carbocycles. The maximum Gasteiger partial charge on any atom is 0.0943 e. The summed E-state index contributed by atoms with van der Waals surface area (Å²) in [5, 5.41) is 14.1. The first-order chi connectivity index (χ1) is 10.2. The van der Waals surface area contributed by atoms with Crippen LogP contribution in [0.4, 0.5) is 0 Å². The molecule has 21 heavy (non-hydrogen) atoms. The molecule has 0 amide bonds. The van der Waals surface area contributed by atoms with E-state index in [1.54, 1.807) is 0 Å². The fourth-order valence-corrected chi connectivity index (χ4v) is 3.26. The highest BCUT2D eigenvalue weighted by Gasteiger charge is 2.30. The minimum Gasteiger partial charge on any atom is -0.387 e. The van der Waals surface area contributed by atoms with Crippen LogP contribution >= 0.6 is 0 Å². The maximum atomic E-state index is 10.5. The van der Waals surface area contributed by atoms with Gasteiger partial charge >= 0.3 is 0 Å². The van der Waals surface area contributed by atoms with Crippen molar-refractivity contribution in [1.82, 2.24) is 5.32 Å². The molecule has 4 N–H and O–H groups in total. The van der Waals surface area contributed by atoms with Crippen LogP contribution in [0, 0.1) is 0 Å². The van der Waals surface area contributed by atoms with Gasteiger partial charge in [-0.15, -0.1) is 0 Å². The molecule has 0 radical (unpaired) electrons. The third kappa shape index (κ3) is 3.62. The van der Waals surface area contributed by atoms with Gasteiger partial charge in [-0.1, -0.05) is 54.1 Å². The molecule has 112 valence electrons. The van der Waals surface area contributed by atoms with Gasteiger partial charge in [-0.25, -0.2) is 0 Å². The van der Waals surface area contributed by atoms with Gasteiger partial charge in [-0.05, 0) is 31.2 Å². The Labute approximate surface area is 126 Å². The zero-order valence-corrected chi connectivity index (χ0v) is 12.3. The molecule has 0 bridgehead atoms. The normalized spacial score (nSPS) is 30.2. The number of nitrogens with two attached hydrogens (primary N) is 1. The largest absolute Gasteiger partial charge is 0.387 e. The van der Waals surface area contributed by atoms with Crippen molar-refractivity contribution in [2.24, 2.45) is 5.73 Å². The standard InChI is InChI=1S/C18H24N2O/c19-15-8-6-13(7-9-15)12-16-10-11-17(20-16)18(21)14-4-2-1-3-5-14/h1-8,15-18,20-21H,9-12,19H2. The molecule has 1 aromatic rings. The number of allylic oxidation sites excluding steroid dienone is 1. The summed E-state index contributed by atoms with van der Waals surface area (Å²) in [5.41, 5.74) is 8.21. The van der Waals surface area contributed by atoms with Gasteiger partial charge in [0.05, 0.1) is 6.10 Å². The minimum absolute atomic E-state index is 0.160. The van der Waals surface area contributed by atoms with E-state index in [1.165, 1.54) is 5.57 Å². The van der Waals surface area contributed by atoms with Crippen molar-refractivity contribution < 1.29 is 5.11 Å². The topological polar surface area (TPSA) is 58.3 Å². The van der Waals surface area contributed by atoms with Crippen molar-refractivity contribution in [3.05, 3.63) is 59.7 Å². The summed E-state index contributed by atoms with van der Waals surface area (Å²) in [6.45, 7) is 0. The Kier molecular flexibility index (Phi) is 4.54. The molecule has 1 aliphatic heterocycles. The maximum absolute atomic E-state index is 10.5. The van der Waals surface area contributed by atoms with E-state index in [9.17, 15) is 5.11 Å². The number of rotatable bonds is 4. The van der Waals surface area contributed by atoms with Crippen LogP contribution in [0.1, 0.15) is 37.4 Å². The average Bonchev–Trinajstić information content (AvgIpc) is 2.98. The van der Waals surface area contributed by atoms with E-state index < -0.39 is 6.10 Å². The Morgan fingerprint density at radius 1 is 1.24 bits per heavy atom. The van der Waals surface area contributed by atoms with Gasteiger partial charge in [0.15, 0.2) is 0 Å². The second-order valence-electron chi connectivity index (χ2n) is 6.14. The highest BCUT2D eigenvalue weighted by molar-refractivity contribution is 5.26. The molecule has 4 unspecified atom stereocenters. The predicted octanol–water partition coefficient (Wildman–Crippen LogP) is 2.44. The number of aliphatic hydroxyl groups is 1. The highest BCUT2D eigenvalue weighted by atomic mass is 16.3. The molecule has 1 fully saturated rings. The zero-order valence-electron chi connectivity index (χ0n) is 12.3. The molecule has 0 spiro atoms. The molecule has 1 aliphatic carbocycles. The van der Waals surface area contributed by atoms with Crippen LogP contribution in [0.3, 0.4) is 0 Å². The summed E-state index contributed by atoms with van der Waals surface area (Å²) in [6.07, 6.45) is 10.2. The van der Waals surface area contributed by atoms with Gasteiger partial charge in [-0.3, -0.25) is 0 Å². The van der Waals surface area contributed by atoms with Gasteiger partial charge < -0.3 is 16.2 Å². The first-order valence-electron chi connectivity index (χ1n) is 7.84. The van der Waals surface area contributed by atoms with Crippen LogP contribution in [0.25, 0.3) is 0 Å². The number of benzene rings is 1. The number of aliphatic hydroxyl groups excluding tert-OH is 1. The average molecular weight is 284 g/mol. The Balaban J connectivity index is 1.55. The summed E-state index contributed by atoms with van der Waals surface area (Å²) in [5.74, 6) is 0. The van der Waals surface area contributed by atoms with Gasteiger partial charge in [0, 0.05) is 18.1 Å². The fraction of sp³-hybridized carbons (Fsp3) is 0.444. The predicted molar refractivity (Wildman–Crippen MR) is 85.8 cm³/mol. The van der Waals surface area contributed by atoms with E-state index >= 15 is 0 Å². The Morgan fingerprint density at radius 2 is 2.05 bits per heavy atom. The number of nitrogens with one attached hydrogen (secondary N) is 1. The summed E-state index contributed by atoms with van der Waals surface area (Å²) in [4.78, 5) is 0. The summed E-state index contributed by atoms with van der Waals surface area (Å²) in [6, 6.07) is 10.7. The van der Waals surface area contributed by atoms with Gasteiger partial charge in [0.25, 0.3) is 0 Å². The van der Waals surface area contributed by atoms with Crippen molar-refractivity contribution in [3.8, 4) is 0 Å². The van der Waals surface area contributed by atoms with E-state index in [4.69, 9.17) is 5.73 Å². The van der Waals surface area contributed by atoms with Gasteiger partial charge in [0.2, 0.25) is 0 Å². The van der Waals surface area contributed by atoms with Crippen LogP contribution in [-0.4, -0.2) is 23.2 Å². The lowest BCUT2D eigenvalue weighted by molar-refractivity contribution is 0.135. The van der Waals surface area contributed by atoms with Crippen LogP contribution in [0.5, 0.6) is 0 Å². The second-order valence-corrected chi connectivity index (χ2v) is 6.14. The minimum atomic E-state index is -0.416. The van der Waals surface area contributed by atoms with E-state index in [0.29, 0.717) is 6.04 Å².